The Balaban J connectivity index is 1.68. The van der Waals surface area contributed by atoms with E-state index < -0.39 is 0 Å². The molecule has 0 radical (unpaired) electrons. The van der Waals surface area contributed by atoms with Gasteiger partial charge in [0.25, 0.3) is 0 Å². The molecule has 84 valence electrons. The molecule has 0 aromatic heterocycles. The topological polar surface area (TPSA) is 38.3 Å². The second-order valence-electron chi connectivity index (χ2n) is 4.56. The number of Topliss-reactive ketones (excluding diaryl/α,β-unsaturated/α-hetero) is 1. The quantitative estimate of drug-likeness (QED) is 0.779. The molecule has 3 nitrogen and oxygen atoms in total. The average Bonchev–Trinajstić information content (AvgIpc) is 3.00. The number of nitrogens with one attached hydrogen (secondary N) is 1. The van der Waals surface area contributed by atoms with Crippen molar-refractivity contribution in [2.24, 2.45) is 5.92 Å². The Labute approximate surface area is 94.8 Å². The lowest BCUT2D eigenvalue weighted by atomic mass is 9.93. The maximum absolute atomic E-state index is 11.9. The third kappa shape index (κ3) is 1.95. The van der Waals surface area contributed by atoms with Crippen LogP contribution in [0.4, 0.5) is 0 Å². The summed E-state index contributed by atoms with van der Waals surface area (Å²) in [4.78, 5) is 11.9. The van der Waals surface area contributed by atoms with Gasteiger partial charge >= 0.3 is 0 Å². The van der Waals surface area contributed by atoms with Crippen LogP contribution < -0.4 is 10.1 Å². The van der Waals surface area contributed by atoms with Crippen molar-refractivity contribution in [1.82, 2.24) is 5.32 Å². The molecule has 1 aliphatic heterocycles. The summed E-state index contributed by atoms with van der Waals surface area (Å²) in [5, 5.41) is 3.11. The molecule has 3 heteroatoms. The lowest BCUT2D eigenvalue weighted by molar-refractivity contribution is 0.0878. The zero-order valence-corrected chi connectivity index (χ0v) is 9.11. The van der Waals surface area contributed by atoms with Crippen LogP contribution in [0.25, 0.3) is 0 Å². The van der Waals surface area contributed by atoms with Crippen molar-refractivity contribution in [3.8, 4) is 5.75 Å². The van der Waals surface area contributed by atoms with Crippen molar-refractivity contribution in [2.75, 3.05) is 13.1 Å². The highest BCUT2D eigenvalue weighted by atomic mass is 16.5. The van der Waals surface area contributed by atoms with E-state index in [4.69, 9.17) is 4.74 Å². The number of rotatable bonds is 4. The van der Waals surface area contributed by atoms with Crippen LogP contribution in [-0.4, -0.2) is 25.0 Å². The highest BCUT2D eigenvalue weighted by molar-refractivity contribution is 5.98. The summed E-state index contributed by atoms with van der Waals surface area (Å²) in [6, 6.07) is 7.55. The molecular formula is C13H15NO2. The molecule has 0 spiro atoms. The van der Waals surface area contributed by atoms with E-state index in [0.29, 0.717) is 6.10 Å². The first-order chi connectivity index (χ1) is 7.83. The van der Waals surface area contributed by atoms with E-state index in [1.807, 2.05) is 24.3 Å². The number of hydrogen-bond donors (Lipinski definition) is 1. The number of hydrogen-bond acceptors (Lipinski definition) is 3. The molecule has 16 heavy (non-hydrogen) atoms. The lowest BCUT2D eigenvalue weighted by Gasteiger charge is -2.25. The van der Waals surface area contributed by atoms with Gasteiger partial charge in [0.05, 0.1) is 6.10 Å². The van der Waals surface area contributed by atoms with Gasteiger partial charge in [0.15, 0.2) is 5.78 Å². The van der Waals surface area contributed by atoms with Crippen molar-refractivity contribution in [2.45, 2.75) is 18.9 Å². The molecule has 1 aliphatic carbocycles. The molecule has 1 saturated heterocycles. The number of carbonyl (C=O) groups is 1. The Kier molecular flexibility index (Phi) is 2.40. The van der Waals surface area contributed by atoms with Crippen LogP contribution in [0.3, 0.4) is 0 Å². The fourth-order valence-corrected chi connectivity index (χ4v) is 1.79. The lowest BCUT2D eigenvalue weighted by Crippen LogP contribution is -2.46. The van der Waals surface area contributed by atoms with Crippen molar-refractivity contribution in [1.29, 1.82) is 0 Å². The first-order valence-electron chi connectivity index (χ1n) is 5.84. The molecule has 2 fully saturated rings. The van der Waals surface area contributed by atoms with Crippen molar-refractivity contribution >= 4 is 5.78 Å². The van der Waals surface area contributed by atoms with Gasteiger partial charge in [0.1, 0.15) is 5.75 Å². The fraction of sp³-hybridized carbons (Fsp3) is 0.462. The Morgan fingerprint density at radius 1 is 1.19 bits per heavy atom. The van der Waals surface area contributed by atoms with E-state index in [1.54, 1.807) is 0 Å². The van der Waals surface area contributed by atoms with Gasteiger partial charge in [0.2, 0.25) is 0 Å². The van der Waals surface area contributed by atoms with E-state index in [0.717, 1.165) is 37.2 Å². The van der Waals surface area contributed by atoms with Gasteiger partial charge in [-0.15, -0.1) is 0 Å². The van der Waals surface area contributed by atoms with E-state index in [2.05, 4.69) is 5.32 Å². The monoisotopic (exact) mass is 217 g/mol. The predicted molar refractivity (Wildman–Crippen MR) is 60.8 cm³/mol. The van der Waals surface area contributed by atoms with E-state index in [-0.39, 0.29) is 11.7 Å². The van der Waals surface area contributed by atoms with Gasteiger partial charge in [-0.2, -0.15) is 0 Å². The summed E-state index contributed by atoms with van der Waals surface area (Å²) in [7, 11) is 0. The maximum Gasteiger partial charge on any atom is 0.168 e. The summed E-state index contributed by atoms with van der Waals surface area (Å²) in [5.41, 5.74) is 0.801. The van der Waals surface area contributed by atoms with Crippen LogP contribution >= 0.6 is 0 Å². The summed E-state index contributed by atoms with van der Waals surface area (Å²) >= 11 is 0. The third-order valence-electron chi connectivity index (χ3n) is 3.12. The number of ketones is 1. The normalized spacial score (nSPS) is 20.2. The zero-order valence-electron chi connectivity index (χ0n) is 9.11. The third-order valence-corrected chi connectivity index (χ3v) is 3.12. The molecule has 0 bridgehead atoms. The predicted octanol–water partition coefficient (Wildman–Crippen LogP) is 1.63. The van der Waals surface area contributed by atoms with Gasteiger partial charge in [-0.25, -0.2) is 0 Å². The number of ether oxygens (including phenoxy) is 1. The van der Waals surface area contributed by atoms with Gasteiger partial charge < -0.3 is 10.1 Å². The molecule has 1 aromatic carbocycles. The van der Waals surface area contributed by atoms with Crippen LogP contribution in [0.1, 0.15) is 23.2 Å². The van der Waals surface area contributed by atoms with E-state index in [1.165, 1.54) is 0 Å². The molecule has 0 atom stereocenters. The van der Waals surface area contributed by atoms with Crippen LogP contribution in [-0.2, 0) is 0 Å². The minimum Gasteiger partial charge on any atom is -0.490 e. The van der Waals surface area contributed by atoms with Gasteiger partial charge in [-0.05, 0) is 37.1 Å². The Morgan fingerprint density at radius 3 is 2.38 bits per heavy atom. The molecule has 1 saturated carbocycles. The first kappa shape index (κ1) is 9.85. The van der Waals surface area contributed by atoms with Crippen molar-refractivity contribution in [3.63, 3.8) is 0 Å². The molecule has 1 heterocycles. The first-order valence-corrected chi connectivity index (χ1v) is 5.84. The Hall–Kier alpha value is -1.35. The summed E-state index contributed by atoms with van der Waals surface area (Å²) in [6.45, 7) is 1.64. The van der Waals surface area contributed by atoms with Crippen LogP contribution in [0.15, 0.2) is 24.3 Å². The Morgan fingerprint density at radius 2 is 1.88 bits per heavy atom. The zero-order chi connectivity index (χ0) is 11.0. The minimum absolute atomic E-state index is 0.176. The van der Waals surface area contributed by atoms with Crippen molar-refractivity contribution in [3.05, 3.63) is 29.8 Å². The second kappa shape index (κ2) is 3.91. The van der Waals surface area contributed by atoms with Crippen LogP contribution in [0.2, 0.25) is 0 Å². The standard InChI is InChI=1S/C13H15NO2/c15-13(10-7-14-8-10)9-1-3-11(4-2-9)16-12-5-6-12/h1-4,10,12,14H,5-8H2. The highest BCUT2D eigenvalue weighted by Crippen LogP contribution is 2.27. The second-order valence-corrected chi connectivity index (χ2v) is 4.56. The van der Waals surface area contributed by atoms with Crippen LogP contribution in [0.5, 0.6) is 5.75 Å². The maximum atomic E-state index is 11.9. The minimum atomic E-state index is 0.176. The molecule has 1 N–H and O–H groups in total. The molecule has 1 aromatic rings. The average molecular weight is 217 g/mol. The van der Waals surface area contributed by atoms with E-state index >= 15 is 0 Å². The largest absolute Gasteiger partial charge is 0.490 e. The number of benzene rings is 1. The summed E-state index contributed by atoms with van der Waals surface area (Å²) in [6.07, 6.45) is 2.74. The molecule has 0 unspecified atom stereocenters. The Bertz CT molecular complexity index is 391. The molecular weight excluding hydrogens is 202 g/mol. The smallest absolute Gasteiger partial charge is 0.168 e. The van der Waals surface area contributed by atoms with Crippen LogP contribution in [0, 0.1) is 5.92 Å². The van der Waals surface area contributed by atoms with E-state index in [9.17, 15) is 4.79 Å². The van der Waals surface area contributed by atoms with Gasteiger partial charge in [-0.1, -0.05) is 0 Å². The number of carbonyl (C=O) groups excluding carboxylic acids is 1. The summed E-state index contributed by atoms with van der Waals surface area (Å²) in [5.74, 6) is 1.30. The fourth-order valence-electron chi connectivity index (χ4n) is 1.79. The molecule has 3 rings (SSSR count). The molecule has 2 aliphatic rings. The SMILES string of the molecule is O=C(c1ccc(OC2CC2)cc1)C1CNC1. The summed E-state index contributed by atoms with van der Waals surface area (Å²) < 4.78 is 5.64. The van der Waals surface area contributed by atoms with Crippen molar-refractivity contribution < 1.29 is 9.53 Å². The van der Waals surface area contributed by atoms with Gasteiger partial charge in [-0.3, -0.25) is 4.79 Å². The highest BCUT2D eigenvalue weighted by Gasteiger charge is 2.26. The molecule has 0 amide bonds. The van der Waals surface area contributed by atoms with Gasteiger partial charge in [0, 0.05) is 24.6 Å².